The van der Waals surface area contributed by atoms with Crippen molar-refractivity contribution < 1.29 is 4.39 Å². The molecule has 1 radical (unpaired) electrons. The second-order valence-corrected chi connectivity index (χ2v) is 8.33. The van der Waals surface area contributed by atoms with E-state index in [1.807, 2.05) is 6.20 Å². The summed E-state index contributed by atoms with van der Waals surface area (Å²) in [7, 11) is 0. The van der Waals surface area contributed by atoms with E-state index in [1.165, 1.54) is 56.5 Å². The fourth-order valence-electron chi connectivity index (χ4n) is 5.08. The highest BCUT2D eigenvalue weighted by atomic mass is 19.1. The van der Waals surface area contributed by atoms with Gasteiger partial charge >= 0.3 is 0 Å². The Morgan fingerprint density at radius 3 is 2.62 bits per heavy atom. The van der Waals surface area contributed by atoms with Gasteiger partial charge in [-0.15, -0.1) is 0 Å². The molecule has 3 aliphatic heterocycles. The van der Waals surface area contributed by atoms with Crippen molar-refractivity contribution in [3.63, 3.8) is 0 Å². The van der Waals surface area contributed by atoms with Crippen LogP contribution in [-0.4, -0.2) is 58.2 Å². The summed E-state index contributed by atoms with van der Waals surface area (Å²) in [4.78, 5) is 16.2. The number of fused-ring (bicyclic) bond motifs is 1. The van der Waals surface area contributed by atoms with E-state index < -0.39 is 0 Å². The lowest BCUT2D eigenvalue weighted by Crippen LogP contribution is -2.53. The zero-order chi connectivity index (χ0) is 19.8. The van der Waals surface area contributed by atoms with Gasteiger partial charge in [-0.3, -0.25) is 4.90 Å². The minimum absolute atomic E-state index is 0.0807. The van der Waals surface area contributed by atoms with Crippen LogP contribution in [0.4, 0.5) is 10.2 Å². The molecule has 1 aromatic carbocycles. The molecule has 29 heavy (non-hydrogen) atoms. The highest BCUT2D eigenvalue weighted by molar-refractivity contribution is 5.90. The van der Waals surface area contributed by atoms with E-state index in [4.69, 9.17) is 0 Å². The van der Waals surface area contributed by atoms with Crippen LogP contribution in [0.2, 0.25) is 0 Å². The number of nitrogens with zero attached hydrogens (tertiary/aromatic N) is 5. The van der Waals surface area contributed by atoms with E-state index in [1.54, 1.807) is 12.4 Å². The van der Waals surface area contributed by atoms with Crippen molar-refractivity contribution in [3.8, 4) is 0 Å². The molecule has 0 aliphatic carbocycles. The van der Waals surface area contributed by atoms with Crippen molar-refractivity contribution in [2.75, 3.05) is 31.1 Å². The quantitative estimate of drug-likeness (QED) is 0.795. The van der Waals surface area contributed by atoms with E-state index in [9.17, 15) is 4.39 Å². The molecule has 5 rings (SSSR count). The summed E-state index contributed by atoms with van der Waals surface area (Å²) in [6, 6.07) is 5.41. The van der Waals surface area contributed by atoms with E-state index >= 15 is 0 Å². The number of allylic oxidation sites excluding steroid dienone is 2. The molecular weight excluding hydrogens is 365 g/mol. The van der Waals surface area contributed by atoms with Crippen molar-refractivity contribution in [2.24, 2.45) is 0 Å². The molecule has 0 saturated carbocycles. The molecule has 0 N–H and O–H groups in total. The van der Waals surface area contributed by atoms with Crippen molar-refractivity contribution in [2.45, 2.75) is 44.8 Å². The van der Waals surface area contributed by atoms with Gasteiger partial charge in [0.25, 0.3) is 0 Å². The molecule has 151 valence electrons. The fraction of sp³-hybridized carbons (Fsp3) is 0.478. The zero-order valence-electron chi connectivity index (χ0n) is 16.9. The summed E-state index contributed by atoms with van der Waals surface area (Å²) < 4.78 is 14.0. The number of likely N-dealkylation sites (tertiary alicyclic amines) is 2. The summed E-state index contributed by atoms with van der Waals surface area (Å²) in [5.74, 6) is 0.467. The van der Waals surface area contributed by atoms with Crippen molar-refractivity contribution >= 4 is 16.7 Å². The monoisotopic (exact) mass is 392 g/mol. The molecule has 3 aliphatic rings. The van der Waals surface area contributed by atoms with Gasteiger partial charge in [0.15, 0.2) is 0 Å². The first-order valence-corrected chi connectivity index (χ1v) is 10.6. The lowest BCUT2D eigenvalue weighted by atomic mass is 10.00. The van der Waals surface area contributed by atoms with Crippen LogP contribution in [0.1, 0.15) is 32.6 Å². The number of hydrogen-bond donors (Lipinski definition) is 0. The van der Waals surface area contributed by atoms with Crippen molar-refractivity contribution in [1.82, 2.24) is 19.8 Å². The number of hydrogen-bond acceptors (Lipinski definition) is 5. The third-order valence-corrected chi connectivity index (χ3v) is 6.52. The second kappa shape index (κ2) is 7.84. The normalized spacial score (nSPS) is 24.4. The third kappa shape index (κ3) is 3.55. The Morgan fingerprint density at radius 1 is 1.03 bits per heavy atom. The standard InChI is InChI=1S/C23H27FN5/c1-17-5-4-12-29(22-20-15-18(24)6-7-21(20)25-16-26-22)23(17)28-13-8-19(9-14-28)27-10-2-3-11-27/h5-7,12,15-16,19,23H,2-3,8-11,13-14H2,1H3. The van der Waals surface area contributed by atoms with Gasteiger partial charge in [-0.25, -0.2) is 14.4 Å². The van der Waals surface area contributed by atoms with Gasteiger partial charge in [0.05, 0.1) is 5.52 Å². The molecule has 1 unspecified atom stereocenters. The first-order valence-electron chi connectivity index (χ1n) is 10.6. The van der Waals surface area contributed by atoms with Gasteiger partial charge < -0.3 is 9.80 Å². The number of rotatable bonds is 3. The lowest BCUT2D eigenvalue weighted by molar-refractivity contribution is 0.107. The van der Waals surface area contributed by atoms with Crippen LogP contribution in [0.25, 0.3) is 10.9 Å². The first-order chi connectivity index (χ1) is 14.2. The highest BCUT2D eigenvalue weighted by Crippen LogP contribution is 2.32. The molecule has 0 amide bonds. The topological polar surface area (TPSA) is 35.5 Å². The Labute approximate surface area is 171 Å². The predicted octanol–water partition coefficient (Wildman–Crippen LogP) is 3.74. The zero-order valence-corrected chi connectivity index (χ0v) is 16.9. The Bertz CT molecular complexity index is 941. The Kier molecular flexibility index (Phi) is 5.06. The lowest BCUT2D eigenvalue weighted by Gasteiger charge is -2.45. The number of benzene rings is 1. The Morgan fingerprint density at radius 2 is 1.83 bits per heavy atom. The summed E-state index contributed by atoms with van der Waals surface area (Å²) in [6.45, 7) is 6.77. The first kappa shape index (κ1) is 18.7. The molecule has 1 atom stereocenters. The highest BCUT2D eigenvalue weighted by Gasteiger charge is 2.34. The van der Waals surface area contributed by atoms with E-state index in [0.717, 1.165) is 29.8 Å². The number of aromatic nitrogens is 2. The van der Waals surface area contributed by atoms with Crippen molar-refractivity contribution in [1.29, 1.82) is 0 Å². The molecule has 0 spiro atoms. The number of piperidine rings is 1. The van der Waals surface area contributed by atoms with E-state index in [2.05, 4.69) is 43.7 Å². The molecule has 6 heteroatoms. The summed E-state index contributed by atoms with van der Waals surface area (Å²) in [5.41, 5.74) is 1.98. The SMILES string of the molecule is CC1=C[C]=CN(c2ncnc3ccc(F)cc23)C1N1CCC(N2CCCC2)CC1. The van der Waals surface area contributed by atoms with Crippen LogP contribution in [0.5, 0.6) is 0 Å². The molecule has 2 fully saturated rings. The molecule has 4 heterocycles. The predicted molar refractivity (Wildman–Crippen MR) is 113 cm³/mol. The minimum Gasteiger partial charge on any atom is -0.312 e. The summed E-state index contributed by atoms with van der Waals surface area (Å²) in [6.07, 6.45) is 14.0. The molecular formula is C23H27FN5. The van der Waals surface area contributed by atoms with E-state index in [0.29, 0.717) is 6.04 Å². The van der Waals surface area contributed by atoms with Crippen LogP contribution < -0.4 is 4.90 Å². The Hall–Kier alpha value is -2.31. The fourth-order valence-corrected chi connectivity index (χ4v) is 5.08. The van der Waals surface area contributed by atoms with Gasteiger partial charge in [-0.05, 0) is 75.5 Å². The van der Waals surface area contributed by atoms with Gasteiger partial charge in [0.2, 0.25) is 0 Å². The summed E-state index contributed by atoms with van der Waals surface area (Å²) in [5, 5.41) is 0.734. The number of anilines is 1. The van der Waals surface area contributed by atoms with Gasteiger partial charge in [0, 0.05) is 30.7 Å². The van der Waals surface area contributed by atoms with Gasteiger partial charge in [-0.1, -0.05) is 6.08 Å². The maximum atomic E-state index is 14.0. The molecule has 2 saturated heterocycles. The third-order valence-electron chi connectivity index (χ3n) is 6.52. The second-order valence-electron chi connectivity index (χ2n) is 8.33. The maximum absolute atomic E-state index is 14.0. The molecule has 2 aromatic rings. The molecule has 5 nitrogen and oxygen atoms in total. The average molecular weight is 393 g/mol. The van der Waals surface area contributed by atoms with Crippen LogP contribution in [0.15, 0.2) is 42.4 Å². The maximum Gasteiger partial charge on any atom is 0.145 e. The number of halogens is 1. The molecule has 1 aromatic heterocycles. The smallest absolute Gasteiger partial charge is 0.145 e. The van der Waals surface area contributed by atoms with Gasteiger partial charge in [0.1, 0.15) is 24.1 Å². The van der Waals surface area contributed by atoms with Crippen LogP contribution in [0.3, 0.4) is 0 Å². The van der Waals surface area contributed by atoms with Crippen molar-refractivity contribution in [3.05, 3.63) is 54.3 Å². The summed E-state index contributed by atoms with van der Waals surface area (Å²) >= 11 is 0. The Balaban J connectivity index is 1.42. The largest absolute Gasteiger partial charge is 0.312 e. The minimum atomic E-state index is -0.270. The van der Waals surface area contributed by atoms with Crippen LogP contribution in [0, 0.1) is 11.9 Å². The molecule has 0 bridgehead atoms. The van der Waals surface area contributed by atoms with Gasteiger partial charge in [-0.2, -0.15) is 0 Å². The average Bonchev–Trinajstić information content (AvgIpc) is 3.28. The van der Waals surface area contributed by atoms with Crippen LogP contribution >= 0.6 is 0 Å². The van der Waals surface area contributed by atoms with E-state index in [-0.39, 0.29) is 12.0 Å². The van der Waals surface area contributed by atoms with Crippen LogP contribution in [-0.2, 0) is 0 Å².